The monoisotopic (exact) mass is 234 g/mol. The summed E-state index contributed by atoms with van der Waals surface area (Å²) in [6, 6.07) is 0. The molecule has 0 saturated carbocycles. The van der Waals surface area contributed by atoms with Gasteiger partial charge in [-0.3, -0.25) is 0 Å². The molecule has 0 aromatic heterocycles. The Bertz CT molecular complexity index is 58.5. The van der Waals surface area contributed by atoms with Crippen LogP contribution < -0.4 is 9.79 Å². The minimum Gasteiger partial charge on any atom is -0.820 e. The Morgan fingerprint density at radius 2 is 2.12 bits per heavy atom. The quantitative estimate of drug-likeness (QED) is 0.361. The second kappa shape index (κ2) is 7.97. The van der Waals surface area contributed by atoms with E-state index in [1.807, 2.05) is 0 Å². The van der Waals surface area contributed by atoms with Crippen LogP contribution in [-0.4, -0.2) is 6.61 Å². The van der Waals surface area contributed by atoms with Gasteiger partial charge in [0.1, 0.15) is 0 Å². The molecule has 42 valence electrons. The number of hydrogen-bond donors (Lipinski definition) is 0. The maximum absolute atomic E-state index is 9.53. The molecule has 5 heteroatoms. The first-order valence-corrected chi connectivity index (χ1v) is 2.75. The largest absolute Gasteiger partial charge is 2.00 e. The van der Waals surface area contributed by atoms with Crippen LogP contribution in [0.4, 0.5) is 0 Å². The Hall–Kier alpha value is 0.972. The van der Waals surface area contributed by atoms with Crippen molar-refractivity contribution >= 4 is 8.60 Å². The van der Waals surface area contributed by atoms with Gasteiger partial charge in [0.15, 0.2) is 0 Å². The van der Waals surface area contributed by atoms with Crippen LogP contribution in [0.1, 0.15) is 0 Å². The van der Waals surface area contributed by atoms with Crippen LogP contribution in [0, 0.1) is 0 Å². The van der Waals surface area contributed by atoms with Gasteiger partial charge in [-0.1, -0.05) is 6.08 Å². The van der Waals surface area contributed by atoms with Crippen molar-refractivity contribution in [1.29, 1.82) is 0 Å². The first-order chi connectivity index (χ1) is 3.27. The van der Waals surface area contributed by atoms with Crippen molar-refractivity contribution < 1.29 is 41.6 Å². The van der Waals surface area contributed by atoms with E-state index < -0.39 is 8.60 Å². The van der Waals surface area contributed by atoms with E-state index in [1.165, 1.54) is 6.08 Å². The van der Waals surface area contributed by atoms with E-state index in [2.05, 4.69) is 11.1 Å². The third-order valence-corrected chi connectivity index (χ3v) is 0.658. The van der Waals surface area contributed by atoms with Gasteiger partial charge in [0.25, 0.3) is 0 Å². The van der Waals surface area contributed by atoms with Gasteiger partial charge in [-0.15, -0.1) is 6.58 Å². The van der Waals surface area contributed by atoms with Crippen molar-refractivity contribution in [3.05, 3.63) is 12.7 Å². The van der Waals surface area contributed by atoms with Gasteiger partial charge in [0.05, 0.1) is 6.61 Å². The molecule has 0 saturated heterocycles. The summed E-state index contributed by atoms with van der Waals surface area (Å²) >= 11 is 0. The molecular formula is C3H5CdO3P. The van der Waals surface area contributed by atoms with Crippen LogP contribution in [0.3, 0.4) is 0 Å². The van der Waals surface area contributed by atoms with Crippen LogP contribution in [0.5, 0.6) is 0 Å². The molecule has 0 atom stereocenters. The Kier molecular flexibility index (Phi) is 11.7. The van der Waals surface area contributed by atoms with Gasteiger partial charge < -0.3 is 14.3 Å². The third kappa shape index (κ3) is 10.1. The zero-order chi connectivity index (χ0) is 5.70. The topological polar surface area (TPSA) is 55.3 Å². The summed E-state index contributed by atoms with van der Waals surface area (Å²) in [5.74, 6) is 0. The molecule has 0 N–H and O–H groups in total. The summed E-state index contributed by atoms with van der Waals surface area (Å²) in [6.07, 6.45) is 1.37. The average Bonchev–Trinajstić information content (AvgIpc) is 1.61. The van der Waals surface area contributed by atoms with Crippen LogP contribution in [0.15, 0.2) is 12.7 Å². The van der Waals surface area contributed by atoms with Crippen molar-refractivity contribution in [2.45, 2.75) is 0 Å². The third-order valence-electron chi connectivity index (χ3n) is 0.298. The van der Waals surface area contributed by atoms with Crippen LogP contribution >= 0.6 is 8.60 Å². The number of hydrogen-bond acceptors (Lipinski definition) is 3. The summed E-state index contributed by atoms with van der Waals surface area (Å²) < 4.78 is 4.03. The second-order valence-electron chi connectivity index (χ2n) is 0.808. The van der Waals surface area contributed by atoms with Crippen LogP contribution in [0.2, 0.25) is 0 Å². The molecule has 0 aliphatic rings. The molecule has 0 rings (SSSR count). The summed E-state index contributed by atoms with van der Waals surface area (Å²) in [7, 11) is -2.68. The van der Waals surface area contributed by atoms with E-state index in [0.29, 0.717) is 0 Å². The smallest absolute Gasteiger partial charge is 0.820 e. The van der Waals surface area contributed by atoms with Crippen molar-refractivity contribution in [3.63, 3.8) is 0 Å². The van der Waals surface area contributed by atoms with Crippen molar-refractivity contribution in [1.82, 2.24) is 0 Å². The molecule has 0 heterocycles. The van der Waals surface area contributed by atoms with Crippen molar-refractivity contribution in [2.24, 2.45) is 0 Å². The first kappa shape index (κ1) is 11.7. The Morgan fingerprint density at radius 3 is 2.25 bits per heavy atom. The van der Waals surface area contributed by atoms with E-state index in [1.54, 1.807) is 0 Å². The van der Waals surface area contributed by atoms with Crippen molar-refractivity contribution in [2.75, 3.05) is 6.61 Å². The SMILES string of the molecule is C=CCOP([O-])[O-].[Cd+2]. The molecular weight excluding hydrogens is 227 g/mol. The molecule has 0 radical (unpaired) electrons. The van der Waals surface area contributed by atoms with Crippen LogP contribution in [-0.2, 0) is 31.8 Å². The number of rotatable bonds is 3. The van der Waals surface area contributed by atoms with Gasteiger partial charge in [0.2, 0.25) is 0 Å². The molecule has 0 unspecified atom stereocenters. The van der Waals surface area contributed by atoms with E-state index in [9.17, 15) is 9.79 Å². The first-order valence-electron chi connectivity index (χ1n) is 1.65. The molecule has 0 aliphatic carbocycles. The summed E-state index contributed by atoms with van der Waals surface area (Å²) in [4.78, 5) is 19.1. The molecule has 0 aliphatic heterocycles. The average molecular weight is 232 g/mol. The zero-order valence-electron chi connectivity index (χ0n) is 4.37. The van der Waals surface area contributed by atoms with Gasteiger partial charge >= 0.3 is 27.3 Å². The second-order valence-corrected chi connectivity index (χ2v) is 1.51. The van der Waals surface area contributed by atoms with E-state index in [0.717, 1.165) is 0 Å². The predicted octanol–water partition coefficient (Wildman–Crippen LogP) is -0.866. The standard InChI is InChI=1S/C3H5O3P.Cd/c1-2-3-6-7(4)5;/h2H,1,3H2;/q-2;+2. The molecule has 0 aromatic carbocycles. The maximum Gasteiger partial charge on any atom is 2.00 e. The molecule has 8 heavy (non-hydrogen) atoms. The van der Waals surface area contributed by atoms with Gasteiger partial charge in [-0.05, 0) is 0 Å². The molecule has 3 nitrogen and oxygen atoms in total. The Balaban J connectivity index is 0. The Labute approximate surface area is 69.5 Å². The van der Waals surface area contributed by atoms with Gasteiger partial charge in [-0.2, -0.15) is 8.60 Å². The normalized spacial score (nSPS) is 8.38. The maximum atomic E-state index is 9.53. The summed E-state index contributed by atoms with van der Waals surface area (Å²) in [6.45, 7) is 3.31. The van der Waals surface area contributed by atoms with Gasteiger partial charge in [-0.25, -0.2) is 0 Å². The van der Waals surface area contributed by atoms with Crippen LogP contribution in [0.25, 0.3) is 0 Å². The van der Waals surface area contributed by atoms with Crippen molar-refractivity contribution in [3.8, 4) is 0 Å². The molecule has 0 fully saturated rings. The summed E-state index contributed by atoms with van der Waals surface area (Å²) in [5.41, 5.74) is 0. The fourth-order valence-corrected chi connectivity index (χ4v) is 0.341. The minimum atomic E-state index is -2.68. The fourth-order valence-electron chi connectivity index (χ4n) is 0.114. The fraction of sp³-hybridized carbons (Fsp3) is 0.333. The van der Waals surface area contributed by atoms with E-state index in [-0.39, 0.29) is 33.9 Å². The van der Waals surface area contributed by atoms with E-state index >= 15 is 0 Å². The molecule has 0 amide bonds. The molecule has 0 aromatic rings. The molecule has 0 bridgehead atoms. The Morgan fingerprint density at radius 1 is 1.62 bits per heavy atom. The predicted molar refractivity (Wildman–Crippen MR) is 23.1 cm³/mol. The minimum absolute atomic E-state index is 0. The summed E-state index contributed by atoms with van der Waals surface area (Å²) in [5, 5.41) is 0. The molecule has 0 spiro atoms. The van der Waals surface area contributed by atoms with Gasteiger partial charge in [0, 0.05) is 0 Å². The van der Waals surface area contributed by atoms with E-state index in [4.69, 9.17) is 0 Å². The zero-order valence-corrected chi connectivity index (χ0v) is 9.30.